The van der Waals surface area contributed by atoms with Gasteiger partial charge in [-0.25, -0.2) is 5.10 Å². The molecule has 0 amide bonds. The number of aromatic amines is 1. The Morgan fingerprint density at radius 2 is 2.33 bits per heavy atom. The zero-order valence-electron chi connectivity index (χ0n) is 9.51. The second-order valence-electron chi connectivity index (χ2n) is 3.48. The highest BCUT2D eigenvalue weighted by atomic mass is 79.9. The van der Waals surface area contributed by atoms with Gasteiger partial charge in [0, 0.05) is 18.0 Å². The van der Waals surface area contributed by atoms with E-state index in [1.165, 1.54) is 6.20 Å². The monoisotopic (exact) mass is 307 g/mol. The third-order valence-electron chi connectivity index (χ3n) is 2.22. The third-order valence-corrected chi connectivity index (χ3v) is 3.01. The summed E-state index contributed by atoms with van der Waals surface area (Å²) in [5, 5.41) is 10.2. The fraction of sp³-hybridized carbons (Fsp3) is 0.0909. The quantitative estimate of drug-likeness (QED) is 0.668. The summed E-state index contributed by atoms with van der Waals surface area (Å²) in [7, 11) is 0. The van der Waals surface area contributed by atoms with Crippen LogP contribution in [0.25, 0.3) is 0 Å². The van der Waals surface area contributed by atoms with E-state index in [0.717, 1.165) is 11.3 Å². The molecule has 7 heteroatoms. The van der Waals surface area contributed by atoms with Gasteiger partial charge in [-0.05, 0) is 28.9 Å². The summed E-state index contributed by atoms with van der Waals surface area (Å²) in [6.07, 6.45) is 4.89. The maximum Gasteiger partial charge on any atom is 0.280 e. The highest BCUT2D eigenvalue weighted by Crippen LogP contribution is 2.15. The molecule has 0 atom stereocenters. The van der Waals surface area contributed by atoms with E-state index >= 15 is 0 Å². The van der Waals surface area contributed by atoms with Crippen LogP contribution in [0.4, 0.5) is 5.69 Å². The summed E-state index contributed by atoms with van der Waals surface area (Å²) in [5.41, 5.74) is 4.64. The second-order valence-corrected chi connectivity index (χ2v) is 4.27. The van der Waals surface area contributed by atoms with Crippen LogP contribution in [0.2, 0.25) is 0 Å². The van der Waals surface area contributed by atoms with Crippen molar-refractivity contribution in [3.05, 3.63) is 51.1 Å². The van der Waals surface area contributed by atoms with Crippen molar-refractivity contribution in [3.8, 4) is 0 Å². The predicted molar refractivity (Wildman–Crippen MR) is 72.6 cm³/mol. The van der Waals surface area contributed by atoms with Gasteiger partial charge in [-0.3, -0.25) is 15.2 Å². The molecule has 2 N–H and O–H groups in total. The molecule has 0 saturated carbocycles. The first-order chi connectivity index (χ1) is 8.68. The fourth-order valence-electron chi connectivity index (χ4n) is 1.25. The third kappa shape index (κ3) is 2.80. The summed E-state index contributed by atoms with van der Waals surface area (Å²) >= 11 is 3.16. The molecule has 18 heavy (non-hydrogen) atoms. The first-order valence-corrected chi connectivity index (χ1v) is 5.91. The molecule has 0 saturated heterocycles. The van der Waals surface area contributed by atoms with E-state index in [0.29, 0.717) is 10.2 Å². The van der Waals surface area contributed by atoms with E-state index in [4.69, 9.17) is 0 Å². The van der Waals surface area contributed by atoms with Crippen molar-refractivity contribution in [1.29, 1.82) is 0 Å². The minimum Gasteiger partial charge on any atom is -0.275 e. The van der Waals surface area contributed by atoms with Crippen LogP contribution in [0.15, 0.2) is 45.1 Å². The molecule has 0 bridgehead atoms. The van der Waals surface area contributed by atoms with Crippen molar-refractivity contribution in [2.75, 3.05) is 5.43 Å². The number of H-pyrrole nitrogens is 1. The Bertz CT molecular complexity index is 623. The molecular formula is C11H10BrN5O. The number of halogens is 1. The molecule has 2 aromatic heterocycles. The lowest BCUT2D eigenvalue weighted by Crippen LogP contribution is -2.11. The van der Waals surface area contributed by atoms with Crippen molar-refractivity contribution in [2.24, 2.45) is 5.10 Å². The molecule has 0 fully saturated rings. The zero-order chi connectivity index (χ0) is 13.0. The topological polar surface area (TPSA) is 83.0 Å². The highest BCUT2D eigenvalue weighted by molar-refractivity contribution is 9.10. The number of hydrazone groups is 1. The van der Waals surface area contributed by atoms with Crippen LogP contribution in [-0.4, -0.2) is 20.9 Å². The van der Waals surface area contributed by atoms with E-state index in [1.807, 2.05) is 19.1 Å². The number of hydrogen-bond donors (Lipinski definition) is 2. The van der Waals surface area contributed by atoms with Gasteiger partial charge in [0.1, 0.15) is 4.47 Å². The van der Waals surface area contributed by atoms with E-state index in [1.54, 1.807) is 12.4 Å². The number of anilines is 1. The van der Waals surface area contributed by atoms with Gasteiger partial charge in [-0.1, -0.05) is 6.07 Å². The smallest absolute Gasteiger partial charge is 0.275 e. The van der Waals surface area contributed by atoms with Gasteiger partial charge in [0.25, 0.3) is 5.56 Å². The standard InChI is InChI=1S/C11H10BrN5O/c1-7(8-3-2-4-13-5-8)15-16-9-6-14-17-11(18)10(9)12/h2-6H,1H3,(H2,16,17,18)/b15-7-. The van der Waals surface area contributed by atoms with Gasteiger partial charge in [0.15, 0.2) is 0 Å². The predicted octanol–water partition coefficient (Wildman–Crippen LogP) is 1.76. The normalized spacial score (nSPS) is 11.3. The number of rotatable bonds is 3. The summed E-state index contributed by atoms with van der Waals surface area (Å²) in [5.74, 6) is 0. The average Bonchev–Trinajstić information content (AvgIpc) is 2.41. The largest absolute Gasteiger partial charge is 0.280 e. The molecule has 0 aliphatic heterocycles. The molecule has 0 aromatic carbocycles. The number of hydrogen-bond acceptors (Lipinski definition) is 5. The zero-order valence-corrected chi connectivity index (χ0v) is 11.1. The van der Waals surface area contributed by atoms with Crippen molar-refractivity contribution in [3.63, 3.8) is 0 Å². The molecule has 2 rings (SSSR count). The van der Waals surface area contributed by atoms with E-state index in [9.17, 15) is 4.79 Å². The Hall–Kier alpha value is -2.02. The lowest BCUT2D eigenvalue weighted by atomic mass is 10.2. The lowest BCUT2D eigenvalue weighted by Gasteiger charge is -2.03. The summed E-state index contributed by atoms with van der Waals surface area (Å²) in [4.78, 5) is 15.3. The van der Waals surface area contributed by atoms with E-state index in [2.05, 4.69) is 41.6 Å². The van der Waals surface area contributed by atoms with Crippen molar-refractivity contribution in [2.45, 2.75) is 6.92 Å². The highest BCUT2D eigenvalue weighted by Gasteiger charge is 2.03. The molecule has 0 aliphatic rings. The van der Waals surface area contributed by atoms with Crippen LogP contribution >= 0.6 is 15.9 Å². The van der Waals surface area contributed by atoms with Gasteiger partial charge >= 0.3 is 0 Å². The van der Waals surface area contributed by atoms with Crippen LogP contribution in [0, 0.1) is 0 Å². The Morgan fingerprint density at radius 1 is 1.50 bits per heavy atom. The maximum atomic E-state index is 11.3. The second kappa shape index (κ2) is 5.54. The summed E-state index contributed by atoms with van der Waals surface area (Å²) in [6.45, 7) is 1.85. The van der Waals surface area contributed by atoms with Crippen molar-refractivity contribution >= 4 is 27.3 Å². The Morgan fingerprint density at radius 3 is 3.06 bits per heavy atom. The van der Waals surface area contributed by atoms with Gasteiger partial charge in [0.2, 0.25) is 0 Å². The van der Waals surface area contributed by atoms with Gasteiger partial charge < -0.3 is 0 Å². The number of nitrogens with one attached hydrogen (secondary N) is 2. The van der Waals surface area contributed by atoms with Crippen LogP contribution in [0.1, 0.15) is 12.5 Å². The Labute approximate surface area is 111 Å². The van der Waals surface area contributed by atoms with Gasteiger partial charge in [-0.2, -0.15) is 10.2 Å². The number of aromatic nitrogens is 3. The average molecular weight is 308 g/mol. The van der Waals surface area contributed by atoms with E-state index < -0.39 is 0 Å². The molecule has 0 spiro atoms. The van der Waals surface area contributed by atoms with Gasteiger partial charge in [-0.15, -0.1) is 0 Å². The summed E-state index contributed by atoms with van der Waals surface area (Å²) in [6, 6.07) is 3.73. The summed E-state index contributed by atoms with van der Waals surface area (Å²) < 4.78 is 0.361. The van der Waals surface area contributed by atoms with Gasteiger partial charge in [0.05, 0.1) is 17.6 Å². The SMILES string of the molecule is C/C(=N/Nc1cn[nH]c(=O)c1Br)c1cccnc1. The fourth-order valence-corrected chi connectivity index (χ4v) is 1.53. The molecule has 0 radical (unpaired) electrons. The lowest BCUT2D eigenvalue weighted by molar-refractivity contribution is 0.976. The van der Waals surface area contributed by atoms with Crippen molar-refractivity contribution in [1.82, 2.24) is 15.2 Å². The molecule has 0 aliphatic carbocycles. The molecular weight excluding hydrogens is 298 g/mol. The van der Waals surface area contributed by atoms with Crippen LogP contribution < -0.4 is 11.0 Å². The van der Waals surface area contributed by atoms with Crippen LogP contribution in [0.5, 0.6) is 0 Å². The van der Waals surface area contributed by atoms with E-state index in [-0.39, 0.29) is 5.56 Å². The number of nitrogens with zero attached hydrogens (tertiary/aromatic N) is 3. The molecule has 0 unspecified atom stereocenters. The molecule has 92 valence electrons. The minimum atomic E-state index is -0.311. The first-order valence-electron chi connectivity index (χ1n) is 5.12. The Balaban J connectivity index is 2.21. The molecule has 2 heterocycles. The van der Waals surface area contributed by atoms with Crippen LogP contribution in [0.3, 0.4) is 0 Å². The maximum absolute atomic E-state index is 11.3. The Kier molecular flexibility index (Phi) is 3.83. The first kappa shape index (κ1) is 12.4. The van der Waals surface area contributed by atoms with Crippen molar-refractivity contribution < 1.29 is 0 Å². The minimum absolute atomic E-state index is 0.311. The number of pyridine rings is 1. The molecule has 6 nitrogen and oxygen atoms in total. The van der Waals surface area contributed by atoms with Crippen LogP contribution in [-0.2, 0) is 0 Å². The molecule has 2 aromatic rings.